The minimum absolute atomic E-state index is 0.00873. The van der Waals surface area contributed by atoms with Crippen molar-refractivity contribution in [2.75, 3.05) is 40.1 Å². The lowest BCUT2D eigenvalue weighted by Gasteiger charge is -2.36. The number of ether oxygens (including phenoxy) is 3. The molecule has 11 heteroatoms. The maximum absolute atomic E-state index is 13.9. The van der Waals surface area contributed by atoms with E-state index in [2.05, 4.69) is 0 Å². The number of allylic oxidation sites excluding steroid dienone is 1. The van der Waals surface area contributed by atoms with Crippen LogP contribution < -0.4 is 14.8 Å². The SMILES string of the molecule is COCOc1cc(F)ccc1-c1ccc(O/C(C(=O)[NH2+]c2ccc(Cl)cc2)=C(/C=N)N2CCN(C(=O)C3CC3)CC2)cc1. The molecule has 0 radical (unpaired) electrons. The van der Waals surface area contributed by atoms with Crippen LogP contribution in [0.4, 0.5) is 10.1 Å². The summed E-state index contributed by atoms with van der Waals surface area (Å²) < 4.78 is 30.6. The molecule has 3 aromatic carbocycles. The van der Waals surface area contributed by atoms with Gasteiger partial charge in [0.1, 0.15) is 28.7 Å². The van der Waals surface area contributed by atoms with Crippen molar-refractivity contribution >= 4 is 35.3 Å². The number of halogens is 2. The second kappa shape index (κ2) is 13.8. The number of quaternary nitrogens is 1. The Bertz CT molecular complexity index is 1500. The molecule has 3 aromatic rings. The van der Waals surface area contributed by atoms with Crippen LogP contribution in [0, 0.1) is 17.1 Å². The molecule has 0 aromatic heterocycles. The first-order valence-corrected chi connectivity index (χ1v) is 14.4. The molecule has 5 rings (SSSR count). The van der Waals surface area contributed by atoms with Crippen molar-refractivity contribution < 1.29 is 33.5 Å². The van der Waals surface area contributed by atoms with Crippen LogP contribution in [0.25, 0.3) is 11.1 Å². The van der Waals surface area contributed by atoms with Gasteiger partial charge in [0.2, 0.25) is 5.91 Å². The van der Waals surface area contributed by atoms with Crippen LogP contribution in [0.3, 0.4) is 0 Å². The fourth-order valence-electron chi connectivity index (χ4n) is 4.86. The number of carbonyl (C=O) groups is 2. The first kappa shape index (κ1) is 30.2. The molecule has 0 bridgehead atoms. The Morgan fingerprint density at radius 1 is 1.00 bits per heavy atom. The standard InChI is InChI=1S/C32H32ClFN4O5/c1-41-20-42-29-18-24(34)8-13-27(29)21-4-11-26(12-5-21)43-30(31(39)36-25-9-6-23(33)7-10-25)28(19-35)37-14-16-38(17-15-37)32(40)22-2-3-22/h4-13,18-19,22,35H,2-3,14-17,20H2,1H3,(H,36,39)/p+1/b30-28-,35-19?. The van der Waals surface area contributed by atoms with Gasteiger partial charge in [0.05, 0.1) is 0 Å². The van der Waals surface area contributed by atoms with Crippen LogP contribution in [0.15, 0.2) is 78.2 Å². The molecule has 3 N–H and O–H groups in total. The molecule has 2 aliphatic rings. The highest BCUT2D eigenvalue weighted by Gasteiger charge is 2.35. The number of carbonyl (C=O) groups excluding carboxylic acids is 2. The lowest BCUT2D eigenvalue weighted by Crippen LogP contribution is -2.83. The molecule has 1 aliphatic carbocycles. The highest BCUT2D eigenvalue weighted by molar-refractivity contribution is 6.30. The summed E-state index contributed by atoms with van der Waals surface area (Å²) in [6.45, 7) is 1.92. The number of hydrogen-bond acceptors (Lipinski definition) is 7. The summed E-state index contributed by atoms with van der Waals surface area (Å²) in [5.74, 6) is 0.159. The van der Waals surface area contributed by atoms with Gasteiger partial charge in [-0.25, -0.2) is 14.5 Å². The zero-order chi connectivity index (χ0) is 30.3. The quantitative estimate of drug-likeness (QED) is 0.110. The van der Waals surface area contributed by atoms with Gasteiger partial charge in [0.15, 0.2) is 6.79 Å². The maximum Gasteiger partial charge on any atom is 0.385 e. The molecule has 2 fully saturated rings. The van der Waals surface area contributed by atoms with Crippen LogP contribution in [-0.4, -0.2) is 67.9 Å². The van der Waals surface area contributed by atoms with E-state index in [9.17, 15) is 14.0 Å². The topological polar surface area (TPSA) is 109 Å². The Hall–Kier alpha value is -4.25. The Morgan fingerprint density at radius 3 is 2.30 bits per heavy atom. The summed E-state index contributed by atoms with van der Waals surface area (Å²) in [6.07, 6.45) is 3.01. The zero-order valence-corrected chi connectivity index (χ0v) is 24.5. The van der Waals surface area contributed by atoms with E-state index in [4.69, 9.17) is 31.2 Å². The molecule has 1 aliphatic heterocycles. The van der Waals surface area contributed by atoms with Crippen LogP contribution >= 0.6 is 11.6 Å². The highest BCUT2D eigenvalue weighted by Crippen LogP contribution is 2.33. The van der Waals surface area contributed by atoms with Crippen molar-refractivity contribution in [2.45, 2.75) is 12.8 Å². The molecule has 2 amide bonds. The second-order valence-electron chi connectivity index (χ2n) is 10.3. The number of benzene rings is 3. The lowest BCUT2D eigenvalue weighted by atomic mass is 10.0. The molecule has 0 atom stereocenters. The molecule has 0 spiro atoms. The third kappa shape index (κ3) is 7.59. The Morgan fingerprint density at radius 2 is 1.67 bits per heavy atom. The monoisotopic (exact) mass is 607 g/mol. The Balaban J connectivity index is 1.40. The van der Waals surface area contributed by atoms with Crippen LogP contribution in [-0.2, 0) is 14.3 Å². The van der Waals surface area contributed by atoms with E-state index in [1.54, 1.807) is 54.6 Å². The van der Waals surface area contributed by atoms with E-state index in [1.807, 2.05) is 9.80 Å². The predicted octanol–water partition coefficient (Wildman–Crippen LogP) is 4.34. The molecule has 1 saturated carbocycles. The third-order valence-corrected chi connectivity index (χ3v) is 7.53. The minimum Gasteiger partial charge on any atom is -0.467 e. The number of amides is 2. The number of nitrogens with zero attached hydrogens (tertiary/aromatic N) is 2. The summed E-state index contributed by atoms with van der Waals surface area (Å²) in [6, 6.07) is 18.0. The van der Waals surface area contributed by atoms with E-state index >= 15 is 0 Å². The molecule has 1 saturated heterocycles. The Labute approximate surface area is 254 Å². The molecular weight excluding hydrogens is 575 g/mol. The van der Waals surface area contributed by atoms with Gasteiger partial charge >= 0.3 is 5.91 Å². The van der Waals surface area contributed by atoms with E-state index in [-0.39, 0.29) is 24.4 Å². The fraction of sp³-hybridized carbons (Fsp3) is 0.281. The van der Waals surface area contributed by atoms with E-state index in [0.717, 1.165) is 24.6 Å². The molecule has 43 heavy (non-hydrogen) atoms. The van der Waals surface area contributed by atoms with Gasteiger partial charge in [-0.05, 0) is 54.8 Å². The van der Waals surface area contributed by atoms with E-state index in [1.165, 1.54) is 24.6 Å². The van der Waals surface area contributed by atoms with Gasteiger partial charge in [-0.15, -0.1) is 0 Å². The second-order valence-corrected chi connectivity index (χ2v) is 10.8. The number of piperazine rings is 1. The summed E-state index contributed by atoms with van der Waals surface area (Å²) in [5.41, 5.74) is 2.36. The maximum atomic E-state index is 13.9. The number of primary amides is 1. The molecular formula is C32H33ClFN4O5+. The predicted molar refractivity (Wildman–Crippen MR) is 160 cm³/mol. The summed E-state index contributed by atoms with van der Waals surface area (Å²) in [7, 11) is 1.48. The summed E-state index contributed by atoms with van der Waals surface area (Å²) in [4.78, 5) is 30.0. The van der Waals surface area contributed by atoms with E-state index < -0.39 is 11.7 Å². The number of hydrogen-bond donors (Lipinski definition) is 2. The fourth-order valence-corrected chi connectivity index (χ4v) is 4.98. The zero-order valence-electron chi connectivity index (χ0n) is 23.7. The number of methoxy groups -OCH3 is 1. The Kier molecular flexibility index (Phi) is 9.71. The third-order valence-electron chi connectivity index (χ3n) is 7.28. The largest absolute Gasteiger partial charge is 0.467 e. The van der Waals surface area contributed by atoms with Gasteiger partial charge < -0.3 is 29.4 Å². The minimum atomic E-state index is -0.433. The van der Waals surface area contributed by atoms with E-state index in [0.29, 0.717) is 59.6 Å². The molecule has 9 nitrogen and oxygen atoms in total. The van der Waals surface area contributed by atoms with Gasteiger partial charge in [-0.1, -0.05) is 23.7 Å². The molecule has 224 valence electrons. The van der Waals surface area contributed by atoms with Crippen molar-refractivity contribution in [3.63, 3.8) is 0 Å². The summed E-state index contributed by atoms with van der Waals surface area (Å²) >= 11 is 6.02. The number of nitrogens with two attached hydrogens (primary N) is 1. The normalized spacial score (nSPS) is 15.5. The summed E-state index contributed by atoms with van der Waals surface area (Å²) in [5, 5.41) is 10.2. The highest BCUT2D eigenvalue weighted by atomic mass is 35.5. The van der Waals surface area contributed by atoms with Crippen molar-refractivity contribution in [1.82, 2.24) is 9.80 Å². The van der Waals surface area contributed by atoms with Crippen LogP contribution in [0.5, 0.6) is 11.5 Å². The van der Waals surface area contributed by atoms with Gasteiger partial charge in [0, 0.05) is 74.2 Å². The average Bonchev–Trinajstić information content (AvgIpc) is 3.87. The first-order chi connectivity index (χ1) is 20.9. The molecule has 1 heterocycles. The van der Waals surface area contributed by atoms with Gasteiger partial charge in [0.25, 0.3) is 5.76 Å². The average molecular weight is 608 g/mol. The smallest absolute Gasteiger partial charge is 0.385 e. The van der Waals surface area contributed by atoms with Gasteiger partial charge in [-0.2, -0.15) is 0 Å². The van der Waals surface area contributed by atoms with Crippen molar-refractivity contribution in [1.29, 1.82) is 5.41 Å². The lowest BCUT2D eigenvalue weighted by molar-refractivity contribution is -0.481. The van der Waals surface area contributed by atoms with Crippen LogP contribution in [0.2, 0.25) is 5.02 Å². The first-order valence-electron chi connectivity index (χ1n) is 14.0. The number of rotatable bonds is 11. The van der Waals surface area contributed by atoms with Gasteiger partial charge in [-0.3, -0.25) is 4.79 Å². The molecule has 0 unspecified atom stereocenters. The number of nitrogens with one attached hydrogen (secondary N) is 1. The van der Waals surface area contributed by atoms with Crippen LogP contribution in [0.1, 0.15) is 12.8 Å². The van der Waals surface area contributed by atoms with Crippen molar-refractivity contribution in [3.8, 4) is 22.6 Å². The van der Waals surface area contributed by atoms with Crippen molar-refractivity contribution in [2.24, 2.45) is 5.92 Å². The van der Waals surface area contributed by atoms with Crippen molar-refractivity contribution in [3.05, 3.63) is 89.0 Å².